The molecule has 1 heteroatoms. The molecule has 104 valence electrons. The van der Waals surface area contributed by atoms with Crippen LogP contribution in [0.2, 0.25) is 0 Å². The largest absolute Gasteiger partial charge is 0.309 e. The maximum atomic E-state index is 2.39. The molecule has 0 bridgehead atoms. The molecular weight excluding hydrogens is 230 g/mol. The highest BCUT2D eigenvalue weighted by molar-refractivity contribution is 5.36. The van der Waals surface area contributed by atoms with E-state index in [2.05, 4.69) is 43.3 Å². The van der Waals surface area contributed by atoms with E-state index in [1.54, 1.807) is 11.1 Å². The summed E-state index contributed by atoms with van der Waals surface area (Å²) in [5.74, 6) is 2.82. The van der Waals surface area contributed by atoms with Crippen molar-refractivity contribution in [1.82, 2.24) is 4.90 Å². The van der Waals surface area contributed by atoms with Crippen LogP contribution in [0.15, 0.2) is 24.3 Å². The van der Waals surface area contributed by atoms with Gasteiger partial charge in [0, 0.05) is 0 Å². The minimum absolute atomic E-state index is 0.884. The number of fused-ring (bicyclic) bond motifs is 3. The molecule has 0 aliphatic heterocycles. The van der Waals surface area contributed by atoms with Crippen LogP contribution in [0.1, 0.15) is 49.1 Å². The van der Waals surface area contributed by atoms with Gasteiger partial charge >= 0.3 is 0 Å². The molecule has 0 heterocycles. The van der Waals surface area contributed by atoms with Crippen LogP contribution in [0.3, 0.4) is 0 Å². The van der Waals surface area contributed by atoms with E-state index in [-0.39, 0.29) is 0 Å². The summed E-state index contributed by atoms with van der Waals surface area (Å²) in [6, 6.07) is 9.19. The molecule has 2 aliphatic rings. The van der Waals surface area contributed by atoms with Crippen LogP contribution in [-0.2, 0) is 6.42 Å². The van der Waals surface area contributed by atoms with Crippen molar-refractivity contribution in [3.63, 3.8) is 0 Å². The molecule has 3 unspecified atom stereocenters. The fourth-order valence-electron chi connectivity index (χ4n) is 4.27. The zero-order chi connectivity index (χ0) is 13.2. The maximum Gasteiger partial charge on any atom is -0.00247 e. The Labute approximate surface area is 118 Å². The first-order chi connectivity index (χ1) is 9.24. The third-order valence-electron chi connectivity index (χ3n) is 5.26. The molecule has 0 aromatic heterocycles. The second-order valence-electron chi connectivity index (χ2n) is 6.89. The maximum absolute atomic E-state index is 2.39. The lowest BCUT2D eigenvalue weighted by Gasteiger charge is -2.32. The van der Waals surface area contributed by atoms with Gasteiger partial charge in [0.1, 0.15) is 0 Å². The van der Waals surface area contributed by atoms with Crippen molar-refractivity contribution in [2.45, 2.75) is 44.4 Å². The first kappa shape index (κ1) is 13.2. The average molecular weight is 257 g/mol. The summed E-state index contributed by atoms with van der Waals surface area (Å²) in [5, 5.41) is 0. The second-order valence-corrected chi connectivity index (χ2v) is 6.89. The predicted molar refractivity (Wildman–Crippen MR) is 81.5 cm³/mol. The number of rotatable bonds is 4. The number of hydrogen-bond acceptors (Lipinski definition) is 1. The molecule has 2 aliphatic carbocycles. The second kappa shape index (κ2) is 5.66. The van der Waals surface area contributed by atoms with E-state index in [9.17, 15) is 0 Å². The Morgan fingerprint density at radius 3 is 2.84 bits per heavy atom. The molecule has 19 heavy (non-hydrogen) atoms. The summed E-state index contributed by atoms with van der Waals surface area (Å²) in [4.78, 5) is 2.32. The number of nitrogens with zero attached hydrogens (tertiary/aromatic N) is 1. The molecule has 1 fully saturated rings. The summed E-state index contributed by atoms with van der Waals surface area (Å²) in [6.45, 7) is 1.25. The third-order valence-corrected chi connectivity index (χ3v) is 5.26. The Morgan fingerprint density at radius 1 is 1.16 bits per heavy atom. The summed E-state index contributed by atoms with van der Waals surface area (Å²) in [5.41, 5.74) is 3.33. The number of benzene rings is 1. The topological polar surface area (TPSA) is 3.24 Å². The zero-order valence-corrected chi connectivity index (χ0v) is 12.4. The van der Waals surface area contributed by atoms with Crippen molar-refractivity contribution in [1.29, 1.82) is 0 Å². The van der Waals surface area contributed by atoms with E-state index in [0.717, 1.165) is 17.8 Å². The van der Waals surface area contributed by atoms with E-state index in [1.165, 1.54) is 45.1 Å². The summed E-state index contributed by atoms with van der Waals surface area (Å²) >= 11 is 0. The van der Waals surface area contributed by atoms with Crippen molar-refractivity contribution in [3.8, 4) is 0 Å². The first-order valence-corrected chi connectivity index (χ1v) is 7.96. The van der Waals surface area contributed by atoms with Crippen molar-refractivity contribution >= 4 is 0 Å². The summed E-state index contributed by atoms with van der Waals surface area (Å²) in [7, 11) is 4.37. The minimum atomic E-state index is 0.884. The lowest BCUT2D eigenvalue weighted by Crippen LogP contribution is -2.21. The summed E-state index contributed by atoms with van der Waals surface area (Å²) in [6.07, 6.45) is 8.55. The lowest BCUT2D eigenvalue weighted by molar-refractivity contribution is 0.231. The molecule has 0 spiro atoms. The lowest BCUT2D eigenvalue weighted by atomic mass is 9.73. The van der Waals surface area contributed by atoms with Crippen molar-refractivity contribution in [2.24, 2.45) is 11.8 Å². The Balaban J connectivity index is 1.60. The van der Waals surface area contributed by atoms with E-state index in [0.29, 0.717) is 0 Å². The Bertz CT molecular complexity index is 423. The van der Waals surface area contributed by atoms with Crippen LogP contribution in [0, 0.1) is 11.8 Å². The van der Waals surface area contributed by atoms with Gasteiger partial charge in [0.2, 0.25) is 0 Å². The molecule has 1 aromatic rings. The van der Waals surface area contributed by atoms with Crippen LogP contribution in [0.4, 0.5) is 0 Å². The van der Waals surface area contributed by atoms with Crippen molar-refractivity contribution < 1.29 is 0 Å². The normalized spacial score (nSPS) is 29.3. The van der Waals surface area contributed by atoms with Gasteiger partial charge in [0.05, 0.1) is 0 Å². The third kappa shape index (κ3) is 2.86. The molecule has 3 atom stereocenters. The highest BCUT2D eigenvalue weighted by Gasteiger charge is 2.36. The quantitative estimate of drug-likeness (QED) is 0.785. The minimum Gasteiger partial charge on any atom is -0.309 e. The van der Waals surface area contributed by atoms with E-state index in [4.69, 9.17) is 0 Å². The SMILES string of the molecule is CN(C)CCCC1CCC2Cc3ccccc3C2C1. The van der Waals surface area contributed by atoms with Gasteiger partial charge in [-0.25, -0.2) is 0 Å². The molecule has 1 nitrogen and oxygen atoms in total. The van der Waals surface area contributed by atoms with Gasteiger partial charge < -0.3 is 4.90 Å². The van der Waals surface area contributed by atoms with Crippen LogP contribution >= 0.6 is 0 Å². The molecule has 0 saturated heterocycles. The van der Waals surface area contributed by atoms with Gasteiger partial charge in [-0.05, 0) is 81.6 Å². The van der Waals surface area contributed by atoms with Crippen LogP contribution in [0.5, 0.6) is 0 Å². The van der Waals surface area contributed by atoms with Crippen LogP contribution in [-0.4, -0.2) is 25.5 Å². The Morgan fingerprint density at radius 2 is 2.00 bits per heavy atom. The average Bonchev–Trinajstić information content (AvgIpc) is 2.76. The van der Waals surface area contributed by atoms with Gasteiger partial charge in [-0.2, -0.15) is 0 Å². The van der Waals surface area contributed by atoms with Gasteiger partial charge in [-0.3, -0.25) is 0 Å². The molecule has 1 saturated carbocycles. The van der Waals surface area contributed by atoms with Gasteiger partial charge in [0.25, 0.3) is 0 Å². The van der Waals surface area contributed by atoms with Crippen molar-refractivity contribution in [3.05, 3.63) is 35.4 Å². The molecule has 3 rings (SSSR count). The fourth-order valence-corrected chi connectivity index (χ4v) is 4.27. The fraction of sp³-hybridized carbons (Fsp3) is 0.667. The highest BCUT2D eigenvalue weighted by atomic mass is 15.0. The molecule has 0 radical (unpaired) electrons. The van der Waals surface area contributed by atoms with Gasteiger partial charge in [0.15, 0.2) is 0 Å². The predicted octanol–water partition coefficient (Wildman–Crippen LogP) is 4.08. The van der Waals surface area contributed by atoms with Gasteiger partial charge in [-0.15, -0.1) is 0 Å². The highest BCUT2D eigenvalue weighted by Crippen LogP contribution is 2.49. The van der Waals surface area contributed by atoms with Crippen LogP contribution < -0.4 is 0 Å². The zero-order valence-electron chi connectivity index (χ0n) is 12.4. The molecule has 1 aromatic carbocycles. The molecular formula is C18H27N. The van der Waals surface area contributed by atoms with E-state index in [1.807, 2.05) is 0 Å². The van der Waals surface area contributed by atoms with Gasteiger partial charge in [-0.1, -0.05) is 30.7 Å². The Hall–Kier alpha value is -0.820. The monoisotopic (exact) mass is 257 g/mol. The Kier molecular flexibility index (Phi) is 3.93. The standard InChI is InChI=1S/C18H27N/c1-19(2)11-5-6-14-9-10-16-13-15-7-3-4-8-17(15)18(16)12-14/h3-4,7-8,14,16,18H,5-6,9-13H2,1-2H3. The molecule has 0 amide bonds. The molecule has 0 N–H and O–H groups in total. The van der Waals surface area contributed by atoms with Crippen molar-refractivity contribution in [2.75, 3.05) is 20.6 Å². The number of hydrogen-bond donors (Lipinski definition) is 0. The first-order valence-electron chi connectivity index (χ1n) is 7.96. The van der Waals surface area contributed by atoms with E-state index >= 15 is 0 Å². The van der Waals surface area contributed by atoms with E-state index < -0.39 is 0 Å². The smallest absolute Gasteiger partial charge is 0.00247 e. The van der Waals surface area contributed by atoms with Crippen LogP contribution in [0.25, 0.3) is 0 Å². The summed E-state index contributed by atoms with van der Waals surface area (Å²) < 4.78 is 0.